The molecule has 3 fully saturated rings. The average molecular weight is 909 g/mol. The van der Waals surface area contributed by atoms with Crippen molar-refractivity contribution in [2.24, 2.45) is 0 Å². The molecule has 67 heavy (non-hydrogen) atoms. The fourth-order valence-corrected chi connectivity index (χ4v) is 11.5. The molecule has 1 atom stereocenters. The summed E-state index contributed by atoms with van der Waals surface area (Å²) in [6, 6.07) is 14.8. The molecule has 12 rings (SSSR count). The Morgan fingerprint density at radius 1 is 0.881 bits per heavy atom. The highest BCUT2D eigenvalue weighted by Gasteiger charge is 2.46. The molecular weight excluding hydrogens is 859 g/mol. The van der Waals surface area contributed by atoms with Gasteiger partial charge in [0.1, 0.15) is 22.9 Å². The number of aryl methyl sites for hydroxylation is 2. The van der Waals surface area contributed by atoms with Crippen LogP contribution in [0.1, 0.15) is 127 Å². The third kappa shape index (κ3) is 6.36. The van der Waals surface area contributed by atoms with E-state index in [-0.39, 0.29) is 23.5 Å². The highest BCUT2D eigenvalue weighted by molar-refractivity contribution is 6.00. The molecule has 4 aliphatic rings. The molecule has 7 heterocycles. The quantitative estimate of drug-likeness (QED) is 0.159. The Morgan fingerprint density at radius 2 is 1.63 bits per heavy atom. The second-order valence-corrected chi connectivity index (χ2v) is 19.0. The van der Waals surface area contributed by atoms with Crippen molar-refractivity contribution in [2.45, 2.75) is 109 Å². The van der Waals surface area contributed by atoms with E-state index in [1.54, 1.807) is 42.9 Å². The maximum Gasteiger partial charge on any atom is 0.438 e. The summed E-state index contributed by atoms with van der Waals surface area (Å²) in [4.78, 5) is 47.7. The first kappa shape index (κ1) is 41.5. The van der Waals surface area contributed by atoms with Crippen molar-refractivity contribution in [1.29, 1.82) is 0 Å². The van der Waals surface area contributed by atoms with Gasteiger partial charge in [0.15, 0.2) is 11.6 Å². The van der Waals surface area contributed by atoms with E-state index in [2.05, 4.69) is 38.0 Å². The Balaban J connectivity index is 0.998. The number of carbonyl (C=O) groups excluding carboxylic acids is 1. The second kappa shape index (κ2) is 15.6. The monoisotopic (exact) mass is 908 g/mol. The Bertz CT molecular complexity index is 3380. The van der Waals surface area contributed by atoms with Crippen LogP contribution in [0, 0.1) is 25.5 Å². The molecule has 2 saturated carbocycles. The standard InChI is InChI=1S/C50H50F2N10O5/c1-28-23-35(24-29(2)43(28)51)62-45(59-20-19-58(49(59)65)40-12-11-39-36(44(40)52)27-53-61(39)34-7-6-8-34)42-30(3)57(18-13-37(42)55-62)46(63)41-26-33-25-32(31-14-21-66-22-15-31)9-10-38(33)60(41)50(16-4-5-17-50)47-54-48(64)67-56-47/h9-12,19-20,23-27,30-31,34H,4-8,13-18,21-22H2,1-3H3,(H,54,56,64)/t30-/m0/s1. The number of amides is 1. The maximum atomic E-state index is 16.5. The summed E-state index contributed by atoms with van der Waals surface area (Å²) in [6.45, 7) is 7.00. The lowest BCUT2D eigenvalue weighted by atomic mass is 9.91. The van der Waals surface area contributed by atoms with E-state index in [1.807, 2.05) is 28.6 Å². The molecule has 17 heteroatoms. The SMILES string of the molecule is Cc1cc(-n2nc3c(c2-n2ccn(-c4ccc5c(cnn5C5CCC5)c4F)c2=O)[C@H](C)N(C(=O)c2cc4cc(C5CCOCC5)ccc4n2C2(c4noc(=O)[nH]4)CCCC2)CC3)cc(C)c1F. The van der Waals surface area contributed by atoms with E-state index in [1.165, 1.54) is 27.1 Å². The number of hydrogen-bond donors (Lipinski definition) is 1. The number of nitrogens with zero attached hydrogens (tertiary/aromatic N) is 9. The van der Waals surface area contributed by atoms with Crippen LogP contribution in [0.2, 0.25) is 0 Å². The molecule has 0 bridgehead atoms. The zero-order chi connectivity index (χ0) is 45.9. The smallest absolute Gasteiger partial charge is 0.381 e. The number of hydrogen-bond acceptors (Lipinski definition) is 8. The van der Waals surface area contributed by atoms with E-state index < -0.39 is 28.8 Å². The Hall–Kier alpha value is -6.88. The van der Waals surface area contributed by atoms with Gasteiger partial charge in [-0.3, -0.25) is 28.1 Å². The minimum Gasteiger partial charge on any atom is -0.381 e. The molecular formula is C50H50F2N10O5. The Labute approximate surface area is 382 Å². The van der Waals surface area contributed by atoms with Crippen molar-refractivity contribution in [3.8, 4) is 17.2 Å². The van der Waals surface area contributed by atoms with Crippen molar-refractivity contribution in [3.05, 3.63) is 139 Å². The number of carbonyl (C=O) groups is 1. The molecule has 1 saturated heterocycles. The number of ether oxygens (including phenoxy) is 1. The predicted octanol–water partition coefficient (Wildman–Crippen LogP) is 8.39. The lowest BCUT2D eigenvalue weighted by Gasteiger charge is -2.36. The Morgan fingerprint density at radius 3 is 2.34 bits per heavy atom. The number of aromatic amines is 1. The second-order valence-electron chi connectivity index (χ2n) is 19.0. The van der Waals surface area contributed by atoms with E-state index in [0.717, 1.165) is 55.8 Å². The normalized spacial score (nSPS) is 18.9. The van der Waals surface area contributed by atoms with Crippen LogP contribution in [0.25, 0.3) is 39.0 Å². The van der Waals surface area contributed by atoms with Crippen LogP contribution < -0.4 is 11.4 Å². The van der Waals surface area contributed by atoms with Gasteiger partial charge < -0.3 is 14.2 Å². The number of imidazole rings is 1. The molecule has 0 radical (unpaired) electrons. The topological polar surface area (TPSA) is 156 Å². The van der Waals surface area contributed by atoms with Gasteiger partial charge in [-0.2, -0.15) is 10.2 Å². The van der Waals surface area contributed by atoms with Crippen molar-refractivity contribution < 1.29 is 22.8 Å². The minimum atomic E-state index is -0.859. The molecule has 0 unspecified atom stereocenters. The largest absolute Gasteiger partial charge is 0.438 e. The molecule has 1 N–H and O–H groups in total. The van der Waals surface area contributed by atoms with Gasteiger partial charge in [0.05, 0.1) is 46.3 Å². The fourth-order valence-electron chi connectivity index (χ4n) is 11.5. The average Bonchev–Trinajstić information content (AvgIpc) is 4.18. The summed E-state index contributed by atoms with van der Waals surface area (Å²) in [7, 11) is 0. The fraction of sp³-hybridized carbons (Fsp3) is 0.400. The van der Waals surface area contributed by atoms with Crippen molar-refractivity contribution in [3.63, 3.8) is 0 Å². The van der Waals surface area contributed by atoms with Crippen LogP contribution in [0.3, 0.4) is 0 Å². The third-order valence-electron chi connectivity index (χ3n) is 15.2. The van der Waals surface area contributed by atoms with Crippen molar-refractivity contribution in [2.75, 3.05) is 19.8 Å². The first-order valence-corrected chi connectivity index (χ1v) is 23.5. The molecule has 5 aromatic heterocycles. The van der Waals surface area contributed by atoms with E-state index >= 15 is 13.6 Å². The minimum absolute atomic E-state index is 0.0739. The molecule has 8 aromatic rings. The summed E-state index contributed by atoms with van der Waals surface area (Å²) in [6.07, 6.45) is 12.9. The highest BCUT2D eigenvalue weighted by Crippen LogP contribution is 2.46. The molecule has 3 aromatic carbocycles. The number of nitrogens with one attached hydrogen (secondary N) is 1. The summed E-state index contributed by atoms with van der Waals surface area (Å²) in [5.74, 6) is -0.731. The van der Waals surface area contributed by atoms with Gasteiger partial charge in [0.25, 0.3) is 5.91 Å². The summed E-state index contributed by atoms with van der Waals surface area (Å²) >= 11 is 0. The number of benzene rings is 3. The van der Waals surface area contributed by atoms with Gasteiger partial charge in [-0.25, -0.2) is 23.1 Å². The van der Waals surface area contributed by atoms with Crippen LogP contribution in [0.5, 0.6) is 0 Å². The lowest BCUT2D eigenvalue weighted by molar-refractivity contribution is 0.0659. The summed E-state index contributed by atoms with van der Waals surface area (Å²) in [5, 5.41) is 15.1. The summed E-state index contributed by atoms with van der Waals surface area (Å²) < 4.78 is 50.8. The van der Waals surface area contributed by atoms with Gasteiger partial charge in [0.2, 0.25) is 0 Å². The van der Waals surface area contributed by atoms with Gasteiger partial charge in [-0.15, -0.1) is 0 Å². The number of aromatic nitrogens is 9. The molecule has 1 amide bonds. The van der Waals surface area contributed by atoms with Crippen LogP contribution >= 0.6 is 0 Å². The van der Waals surface area contributed by atoms with Crippen LogP contribution in [-0.2, 0) is 16.7 Å². The van der Waals surface area contributed by atoms with Gasteiger partial charge >= 0.3 is 11.4 Å². The van der Waals surface area contributed by atoms with E-state index in [4.69, 9.17) is 14.4 Å². The van der Waals surface area contributed by atoms with Crippen LogP contribution in [-0.4, -0.2) is 74.0 Å². The van der Waals surface area contributed by atoms with E-state index in [9.17, 15) is 9.59 Å². The first-order valence-electron chi connectivity index (χ1n) is 23.5. The van der Waals surface area contributed by atoms with Crippen molar-refractivity contribution in [1.82, 2.24) is 48.3 Å². The van der Waals surface area contributed by atoms with Crippen LogP contribution in [0.15, 0.2) is 81.2 Å². The van der Waals surface area contributed by atoms with Crippen molar-refractivity contribution >= 4 is 27.7 Å². The first-order chi connectivity index (χ1) is 32.5. The molecule has 0 spiro atoms. The predicted molar refractivity (Wildman–Crippen MR) is 245 cm³/mol. The molecule has 15 nitrogen and oxygen atoms in total. The lowest BCUT2D eigenvalue weighted by Crippen LogP contribution is -2.43. The van der Waals surface area contributed by atoms with Gasteiger partial charge in [0, 0.05) is 55.0 Å². The van der Waals surface area contributed by atoms with Crippen LogP contribution in [0.4, 0.5) is 8.78 Å². The zero-order valence-corrected chi connectivity index (χ0v) is 37.6. The zero-order valence-electron chi connectivity index (χ0n) is 37.6. The number of fused-ring (bicyclic) bond motifs is 3. The third-order valence-corrected chi connectivity index (χ3v) is 15.2. The van der Waals surface area contributed by atoms with Gasteiger partial charge in [-0.05, 0) is 131 Å². The molecule has 2 aliphatic heterocycles. The highest BCUT2D eigenvalue weighted by atomic mass is 19.1. The van der Waals surface area contributed by atoms with E-state index in [0.29, 0.717) is 101 Å². The molecule has 344 valence electrons. The maximum absolute atomic E-state index is 16.5. The number of rotatable bonds is 8. The van der Waals surface area contributed by atoms with Gasteiger partial charge in [-0.1, -0.05) is 24.1 Å². The number of halogens is 2. The Kier molecular flexibility index (Phi) is 9.68. The summed E-state index contributed by atoms with van der Waals surface area (Å²) in [5.41, 5.74) is 4.47. The number of H-pyrrole nitrogens is 1. The molecule has 2 aliphatic carbocycles.